The Labute approximate surface area is 85.3 Å². The van der Waals surface area contributed by atoms with Crippen molar-refractivity contribution in [1.29, 1.82) is 0 Å². The van der Waals surface area contributed by atoms with E-state index in [1.54, 1.807) is 7.05 Å². The Balaban J connectivity index is 2.83. The molecule has 1 rings (SSSR count). The first-order chi connectivity index (χ1) is 6.79. The average molecular weight is 191 g/mol. The van der Waals surface area contributed by atoms with Crippen LogP contribution >= 0.6 is 0 Å². The molecule has 76 valence electrons. The van der Waals surface area contributed by atoms with Crippen LogP contribution in [0.25, 0.3) is 0 Å². The Hall–Kier alpha value is -1.31. The predicted molar refractivity (Wildman–Crippen MR) is 58.2 cm³/mol. The van der Waals surface area contributed by atoms with Gasteiger partial charge in [-0.25, -0.2) is 0 Å². The Bertz CT molecular complexity index is 282. The molecule has 1 aromatic rings. The van der Waals surface area contributed by atoms with Gasteiger partial charge in [-0.15, -0.1) is 0 Å². The van der Waals surface area contributed by atoms with Crippen molar-refractivity contribution in [2.45, 2.75) is 25.7 Å². The van der Waals surface area contributed by atoms with Crippen molar-refractivity contribution in [3.8, 4) is 0 Å². The third-order valence-corrected chi connectivity index (χ3v) is 2.34. The smallest absolute Gasteiger partial charge is 0.227 e. The predicted octanol–water partition coefficient (Wildman–Crippen LogP) is 2.32. The van der Waals surface area contributed by atoms with Crippen LogP contribution in [0.15, 0.2) is 30.3 Å². The van der Waals surface area contributed by atoms with Gasteiger partial charge in [0.15, 0.2) is 0 Å². The molecule has 0 radical (unpaired) electrons. The zero-order valence-corrected chi connectivity index (χ0v) is 8.79. The molecule has 1 atom stereocenters. The molecule has 1 aromatic carbocycles. The first-order valence-electron chi connectivity index (χ1n) is 5.06. The van der Waals surface area contributed by atoms with Crippen LogP contribution in [0.1, 0.15) is 31.2 Å². The summed E-state index contributed by atoms with van der Waals surface area (Å²) in [6.45, 7) is 2.10. The van der Waals surface area contributed by atoms with E-state index in [1.165, 1.54) is 0 Å². The normalized spacial score (nSPS) is 12.1. The van der Waals surface area contributed by atoms with Gasteiger partial charge >= 0.3 is 0 Å². The van der Waals surface area contributed by atoms with Crippen molar-refractivity contribution < 1.29 is 4.79 Å². The molecule has 0 aliphatic heterocycles. The maximum absolute atomic E-state index is 11.6. The highest BCUT2D eigenvalue weighted by molar-refractivity contribution is 5.83. The van der Waals surface area contributed by atoms with Gasteiger partial charge in [-0.05, 0) is 12.0 Å². The number of amides is 1. The number of rotatable bonds is 4. The van der Waals surface area contributed by atoms with Crippen molar-refractivity contribution in [3.63, 3.8) is 0 Å². The zero-order chi connectivity index (χ0) is 10.4. The number of nitrogens with one attached hydrogen (secondary N) is 1. The standard InChI is InChI=1S/C12H17NO/c1-3-7-11(12(14)13-2)10-8-5-4-6-9-10/h4-6,8-9,11H,3,7H2,1-2H3,(H,13,14)/t11-/m0/s1. The Morgan fingerprint density at radius 2 is 2.00 bits per heavy atom. The highest BCUT2D eigenvalue weighted by atomic mass is 16.1. The van der Waals surface area contributed by atoms with Gasteiger partial charge in [0.05, 0.1) is 5.92 Å². The lowest BCUT2D eigenvalue weighted by Crippen LogP contribution is -2.25. The minimum Gasteiger partial charge on any atom is -0.359 e. The summed E-state index contributed by atoms with van der Waals surface area (Å²) in [5.74, 6) is 0.115. The summed E-state index contributed by atoms with van der Waals surface area (Å²) in [7, 11) is 1.69. The first kappa shape index (κ1) is 10.8. The fourth-order valence-electron chi connectivity index (χ4n) is 1.60. The lowest BCUT2D eigenvalue weighted by Gasteiger charge is -2.14. The zero-order valence-electron chi connectivity index (χ0n) is 8.79. The topological polar surface area (TPSA) is 29.1 Å². The van der Waals surface area contributed by atoms with E-state index in [9.17, 15) is 4.79 Å². The maximum atomic E-state index is 11.6. The quantitative estimate of drug-likeness (QED) is 0.777. The van der Waals surface area contributed by atoms with Crippen LogP contribution < -0.4 is 5.32 Å². The summed E-state index contributed by atoms with van der Waals surface area (Å²) in [5.41, 5.74) is 1.11. The molecule has 0 saturated heterocycles. The lowest BCUT2D eigenvalue weighted by molar-refractivity contribution is -0.122. The largest absolute Gasteiger partial charge is 0.359 e. The third kappa shape index (κ3) is 2.59. The van der Waals surface area contributed by atoms with Gasteiger partial charge in [0.25, 0.3) is 0 Å². The molecule has 1 amide bonds. The number of carbonyl (C=O) groups is 1. The molecule has 0 spiro atoms. The minimum absolute atomic E-state index is 0.00574. The van der Waals surface area contributed by atoms with E-state index in [1.807, 2.05) is 30.3 Å². The third-order valence-electron chi connectivity index (χ3n) is 2.34. The first-order valence-corrected chi connectivity index (χ1v) is 5.06. The van der Waals surface area contributed by atoms with E-state index in [-0.39, 0.29) is 11.8 Å². The molecule has 1 N–H and O–H groups in total. The second-order valence-electron chi connectivity index (χ2n) is 3.37. The second-order valence-corrected chi connectivity index (χ2v) is 3.37. The number of carbonyl (C=O) groups excluding carboxylic acids is 1. The SMILES string of the molecule is CCC[C@H](C(=O)NC)c1ccccc1. The number of likely N-dealkylation sites (N-methyl/N-ethyl adjacent to an activating group) is 1. The van der Waals surface area contributed by atoms with Crippen LogP contribution in [-0.4, -0.2) is 13.0 Å². The summed E-state index contributed by atoms with van der Waals surface area (Å²) < 4.78 is 0. The highest BCUT2D eigenvalue weighted by Crippen LogP contribution is 2.20. The van der Waals surface area contributed by atoms with Crippen molar-refractivity contribution >= 4 is 5.91 Å². The monoisotopic (exact) mass is 191 g/mol. The van der Waals surface area contributed by atoms with Crippen molar-refractivity contribution in [1.82, 2.24) is 5.32 Å². The molecule has 0 aliphatic carbocycles. The molecule has 0 aliphatic rings. The van der Waals surface area contributed by atoms with Crippen LogP contribution in [-0.2, 0) is 4.79 Å². The second kappa shape index (κ2) is 5.43. The van der Waals surface area contributed by atoms with E-state index in [0.29, 0.717) is 0 Å². The molecular weight excluding hydrogens is 174 g/mol. The number of benzene rings is 1. The summed E-state index contributed by atoms with van der Waals surface area (Å²) >= 11 is 0. The summed E-state index contributed by atoms with van der Waals surface area (Å²) in [4.78, 5) is 11.6. The van der Waals surface area contributed by atoms with Crippen molar-refractivity contribution in [2.24, 2.45) is 0 Å². The molecule has 0 heterocycles. The molecule has 0 aromatic heterocycles. The van der Waals surface area contributed by atoms with Gasteiger partial charge in [0.2, 0.25) is 5.91 Å². The van der Waals surface area contributed by atoms with E-state index in [4.69, 9.17) is 0 Å². The van der Waals surface area contributed by atoms with Crippen LogP contribution in [0.5, 0.6) is 0 Å². The average Bonchev–Trinajstić information content (AvgIpc) is 2.26. The number of hydrogen-bond donors (Lipinski definition) is 1. The molecule has 0 saturated carbocycles. The van der Waals surface area contributed by atoms with Gasteiger partial charge in [-0.1, -0.05) is 43.7 Å². The molecule has 0 fully saturated rings. The van der Waals surface area contributed by atoms with Crippen molar-refractivity contribution in [3.05, 3.63) is 35.9 Å². The van der Waals surface area contributed by atoms with E-state index >= 15 is 0 Å². The highest BCUT2D eigenvalue weighted by Gasteiger charge is 2.17. The van der Waals surface area contributed by atoms with Crippen LogP contribution in [0.2, 0.25) is 0 Å². The van der Waals surface area contributed by atoms with E-state index in [2.05, 4.69) is 12.2 Å². The summed E-state index contributed by atoms with van der Waals surface area (Å²) in [6.07, 6.45) is 1.93. The van der Waals surface area contributed by atoms with E-state index in [0.717, 1.165) is 18.4 Å². The van der Waals surface area contributed by atoms with E-state index < -0.39 is 0 Å². The molecular formula is C12H17NO. The molecule has 2 nitrogen and oxygen atoms in total. The van der Waals surface area contributed by atoms with Crippen LogP contribution in [0.3, 0.4) is 0 Å². The van der Waals surface area contributed by atoms with Gasteiger partial charge in [-0.3, -0.25) is 4.79 Å². The van der Waals surface area contributed by atoms with Crippen LogP contribution in [0, 0.1) is 0 Å². The Kier molecular flexibility index (Phi) is 4.17. The van der Waals surface area contributed by atoms with Gasteiger partial charge in [0.1, 0.15) is 0 Å². The summed E-state index contributed by atoms with van der Waals surface area (Å²) in [6, 6.07) is 9.93. The lowest BCUT2D eigenvalue weighted by atomic mass is 9.94. The fraction of sp³-hybridized carbons (Fsp3) is 0.417. The maximum Gasteiger partial charge on any atom is 0.227 e. The molecule has 2 heteroatoms. The molecule has 0 unspecified atom stereocenters. The molecule has 0 bridgehead atoms. The minimum atomic E-state index is 0.00574. The number of hydrogen-bond acceptors (Lipinski definition) is 1. The fourth-order valence-corrected chi connectivity index (χ4v) is 1.60. The van der Waals surface area contributed by atoms with Gasteiger partial charge < -0.3 is 5.32 Å². The Morgan fingerprint density at radius 1 is 1.36 bits per heavy atom. The van der Waals surface area contributed by atoms with Crippen LogP contribution in [0.4, 0.5) is 0 Å². The van der Waals surface area contributed by atoms with Gasteiger partial charge in [-0.2, -0.15) is 0 Å². The molecule has 14 heavy (non-hydrogen) atoms. The Morgan fingerprint density at radius 3 is 2.50 bits per heavy atom. The van der Waals surface area contributed by atoms with Gasteiger partial charge in [0, 0.05) is 7.05 Å². The summed E-state index contributed by atoms with van der Waals surface area (Å²) in [5, 5.41) is 2.71. The van der Waals surface area contributed by atoms with Crippen molar-refractivity contribution in [2.75, 3.05) is 7.05 Å².